The Morgan fingerprint density at radius 1 is 1.31 bits per heavy atom. The molecule has 5 heteroatoms. The van der Waals surface area contributed by atoms with Gasteiger partial charge in [-0.1, -0.05) is 29.3 Å². The highest BCUT2D eigenvalue weighted by Gasteiger charge is 2.22. The first kappa shape index (κ1) is 11.9. The summed E-state index contributed by atoms with van der Waals surface area (Å²) in [5.74, 6) is -0.126. The second-order valence-corrected chi connectivity index (χ2v) is 4.18. The van der Waals surface area contributed by atoms with E-state index >= 15 is 0 Å². The van der Waals surface area contributed by atoms with Crippen LogP contribution in [0.5, 0.6) is 0 Å². The van der Waals surface area contributed by atoms with Crippen LogP contribution in [-0.4, -0.2) is 25.3 Å². The summed E-state index contributed by atoms with van der Waals surface area (Å²) in [6.45, 7) is 1.06. The normalized spacial score (nSPS) is 16.6. The molecule has 16 heavy (non-hydrogen) atoms. The Morgan fingerprint density at radius 2 is 2.00 bits per heavy atom. The van der Waals surface area contributed by atoms with Crippen LogP contribution in [0.2, 0.25) is 10.0 Å². The van der Waals surface area contributed by atoms with Gasteiger partial charge in [-0.2, -0.15) is 0 Å². The number of halogens is 2. The summed E-state index contributed by atoms with van der Waals surface area (Å²) in [7, 11) is 0. The third kappa shape index (κ3) is 2.55. The molecule has 2 rings (SSSR count). The molecule has 0 radical (unpaired) electrons. The molecule has 0 bridgehead atoms. The van der Waals surface area contributed by atoms with E-state index in [9.17, 15) is 4.79 Å². The molecule has 1 aromatic rings. The molecule has 0 unspecified atom stereocenters. The van der Waals surface area contributed by atoms with Crippen LogP contribution in [-0.2, 0) is 9.47 Å². The van der Waals surface area contributed by atoms with E-state index in [4.69, 9.17) is 32.7 Å². The van der Waals surface area contributed by atoms with E-state index in [1.54, 1.807) is 18.2 Å². The summed E-state index contributed by atoms with van der Waals surface area (Å²) >= 11 is 11.8. The van der Waals surface area contributed by atoms with Gasteiger partial charge in [0.05, 0.1) is 29.7 Å². The molecule has 0 amide bonds. The first-order valence-electron chi connectivity index (χ1n) is 4.89. The zero-order valence-electron chi connectivity index (χ0n) is 8.41. The summed E-state index contributed by atoms with van der Waals surface area (Å²) in [4.78, 5) is 11.9. The van der Waals surface area contributed by atoms with Gasteiger partial charge < -0.3 is 9.47 Å². The minimum Gasteiger partial charge on any atom is -0.350 e. The lowest BCUT2D eigenvalue weighted by Crippen LogP contribution is -2.14. The van der Waals surface area contributed by atoms with E-state index in [0.717, 1.165) is 0 Å². The molecule has 0 spiro atoms. The molecule has 1 aromatic carbocycles. The maximum absolute atomic E-state index is 11.9. The molecule has 1 aliphatic heterocycles. The van der Waals surface area contributed by atoms with Crippen molar-refractivity contribution >= 4 is 29.0 Å². The fourth-order valence-electron chi connectivity index (χ4n) is 1.51. The molecule has 1 heterocycles. The smallest absolute Gasteiger partial charge is 0.169 e. The summed E-state index contributed by atoms with van der Waals surface area (Å²) in [6.07, 6.45) is -0.289. The first-order valence-corrected chi connectivity index (χ1v) is 5.64. The Labute approximate surface area is 103 Å². The highest BCUT2D eigenvalue weighted by molar-refractivity contribution is 6.43. The van der Waals surface area contributed by atoms with E-state index in [0.29, 0.717) is 23.8 Å². The summed E-state index contributed by atoms with van der Waals surface area (Å²) < 4.78 is 10.4. The molecule has 0 aliphatic carbocycles. The lowest BCUT2D eigenvalue weighted by molar-refractivity contribution is -0.0407. The van der Waals surface area contributed by atoms with Crippen molar-refractivity contribution in [3.63, 3.8) is 0 Å². The molecule has 1 fully saturated rings. The molecule has 3 nitrogen and oxygen atoms in total. The van der Waals surface area contributed by atoms with Crippen LogP contribution in [0.4, 0.5) is 0 Å². The monoisotopic (exact) mass is 260 g/mol. The molecular formula is C11H10Cl2O3. The van der Waals surface area contributed by atoms with Crippen LogP contribution in [0.3, 0.4) is 0 Å². The Kier molecular flexibility index (Phi) is 3.82. The Bertz CT molecular complexity index is 400. The largest absolute Gasteiger partial charge is 0.350 e. The van der Waals surface area contributed by atoms with Gasteiger partial charge in [0, 0.05) is 5.56 Å². The number of carbonyl (C=O) groups is 1. The minimum atomic E-state index is -0.456. The second kappa shape index (κ2) is 5.15. The Hall–Kier alpha value is -0.610. The van der Waals surface area contributed by atoms with Gasteiger partial charge in [-0.25, -0.2) is 0 Å². The summed E-state index contributed by atoms with van der Waals surface area (Å²) in [5, 5.41) is 0.660. The van der Waals surface area contributed by atoms with Gasteiger partial charge in [-0.15, -0.1) is 0 Å². The molecule has 1 aliphatic rings. The van der Waals surface area contributed by atoms with E-state index in [1.807, 2.05) is 0 Å². The molecule has 0 atom stereocenters. The quantitative estimate of drug-likeness (QED) is 0.785. The fourth-order valence-corrected chi connectivity index (χ4v) is 1.91. The summed E-state index contributed by atoms with van der Waals surface area (Å²) in [6, 6.07) is 4.98. The van der Waals surface area contributed by atoms with Crippen molar-refractivity contribution in [2.45, 2.75) is 12.7 Å². The predicted molar refractivity (Wildman–Crippen MR) is 61.1 cm³/mol. The average Bonchev–Trinajstić information content (AvgIpc) is 2.74. The number of ketones is 1. The number of Topliss-reactive ketones (excluding diaryl/α,β-unsaturated/α-hetero) is 1. The SMILES string of the molecule is O=C(CC1OCCO1)c1cccc(Cl)c1Cl. The lowest BCUT2D eigenvalue weighted by Gasteiger charge is -2.09. The third-order valence-electron chi connectivity index (χ3n) is 2.29. The van der Waals surface area contributed by atoms with Gasteiger partial charge in [0.1, 0.15) is 0 Å². The maximum Gasteiger partial charge on any atom is 0.169 e. The van der Waals surface area contributed by atoms with Gasteiger partial charge in [0.15, 0.2) is 12.1 Å². The van der Waals surface area contributed by atoms with Gasteiger partial charge in [0.2, 0.25) is 0 Å². The molecule has 0 saturated carbocycles. The van der Waals surface area contributed by atoms with E-state index in [2.05, 4.69) is 0 Å². The molecule has 0 N–H and O–H groups in total. The number of benzene rings is 1. The Morgan fingerprint density at radius 3 is 2.69 bits per heavy atom. The second-order valence-electron chi connectivity index (χ2n) is 3.40. The molecule has 86 valence electrons. The van der Waals surface area contributed by atoms with Crippen molar-refractivity contribution in [3.8, 4) is 0 Å². The van der Waals surface area contributed by atoms with Crippen LogP contribution in [0.25, 0.3) is 0 Å². The van der Waals surface area contributed by atoms with Gasteiger partial charge >= 0.3 is 0 Å². The zero-order chi connectivity index (χ0) is 11.5. The molecular weight excluding hydrogens is 251 g/mol. The standard InChI is InChI=1S/C11H10Cl2O3/c12-8-3-1-2-7(11(8)13)9(14)6-10-15-4-5-16-10/h1-3,10H,4-6H2. The highest BCUT2D eigenvalue weighted by atomic mass is 35.5. The number of ether oxygens (including phenoxy) is 2. The fraction of sp³-hybridized carbons (Fsp3) is 0.364. The predicted octanol–water partition coefficient (Wildman–Crippen LogP) is 2.94. The van der Waals surface area contributed by atoms with Gasteiger partial charge in [-0.05, 0) is 12.1 Å². The van der Waals surface area contributed by atoms with E-state index < -0.39 is 6.29 Å². The zero-order valence-corrected chi connectivity index (χ0v) is 9.92. The van der Waals surface area contributed by atoms with Crippen molar-refractivity contribution in [2.24, 2.45) is 0 Å². The van der Waals surface area contributed by atoms with E-state index in [-0.39, 0.29) is 17.2 Å². The number of hydrogen-bond donors (Lipinski definition) is 0. The lowest BCUT2D eigenvalue weighted by atomic mass is 10.1. The number of hydrogen-bond acceptors (Lipinski definition) is 3. The van der Waals surface area contributed by atoms with Crippen molar-refractivity contribution < 1.29 is 14.3 Å². The Balaban J connectivity index is 2.11. The average molecular weight is 261 g/mol. The number of rotatable bonds is 3. The van der Waals surface area contributed by atoms with Gasteiger partial charge in [0.25, 0.3) is 0 Å². The summed E-state index contributed by atoms with van der Waals surface area (Å²) in [5.41, 5.74) is 0.410. The third-order valence-corrected chi connectivity index (χ3v) is 3.11. The van der Waals surface area contributed by atoms with Crippen LogP contribution >= 0.6 is 23.2 Å². The van der Waals surface area contributed by atoms with Crippen LogP contribution < -0.4 is 0 Å². The van der Waals surface area contributed by atoms with Crippen LogP contribution in [0.15, 0.2) is 18.2 Å². The van der Waals surface area contributed by atoms with Crippen LogP contribution in [0.1, 0.15) is 16.8 Å². The van der Waals surface area contributed by atoms with Crippen molar-refractivity contribution in [1.29, 1.82) is 0 Å². The minimum absolute atomic E-state index is 0.126. The van der Waals surface area contributed by atoms with Crippen molar-refractivity contribution in [3.05, 3.63) is 33.8 Å². The highest BCUT2D eigenvalue weighted by Crippen LogP contribution is 2.27. The van der Waals surface area contributed by atoms with Crippen molar-refractivity contribution in [2.75, 3.05) is 13.2 Å². The first-order chi connectivity index (χ1) is 7.68. The number of carbonyl (C=O) groups excluding carboxylic acids is 1. The van der Waals surface area contributed by atoms with Crippen molar-refractivity contribution in [1.82, 2.24) is 0 Å². The molecule has 1 saturated heterocycles. The van der Waals surface area contributed by atoms with Crippen LogP contribution in [0, 0.1) is 0 Å². The topological polar surface area (TPSA) is 35.5 Å². The maximum atomic E-state index is 11.9. The van der Waals surface area contributed by atoms with E-state index in [1.165, 1.54) is 0 Å². The molecule has 0 aromatic heterocycles. The van der Waals surface area contributed by atoms with Gasteiger partial charge in [-0.3, -0.25) is 4.79 Å².